The van der Waals surface area contributed by atoms with Crippen molar-refractivity contribution in [1.82, 2.24) is 9.80 Å². The molecule has 1 N–H and O–H groups in total. The van der Waals surface area contributed by atoms with E-state index in [1.54, 1.807) is 12.0 Å². The zero-order valence-electron chi connectivity index (χ0n) is 13.0. The molecule has 5 nitrogen and oxygen atoms in total. The summed E-state index contributed by atoms with van der Waals surface area (Å²) in [6.07, 6.45) is 3.65. The molecule has 1 aromatic rings. The van der Waals surface area contributed by atoms with Crippen LogP contribution in [0.2, 0.25) is 0 Å². The van der Waals surface area contributed by atoms with Gasteiger partial charge < -0.3 is 19.9 Å². The third-order valence-electron chi connectivity index (χ3n) is 3.85. The Hall–Kier alpha value is -1.75. The van der Waals surface area contributed by atoms with Crippen molar-refractivity contribution in [3.05, 3.63) is 24.3 Å². The van der Waals surface area contributed by atoms with E-state index in [1.165, 1.54) is 25.9 Å². The number of urea groups is 1. The van der Waals surface area contributed by atoms with Crippen molar-refractivity contribution in [3.8, 4) is 5.75 Å². The Morgan fingerprint density at radius 3 is 2.57 bits per heavy atom. The average Bonchev–Trinajstić information content (AvgIpc) is 3.01. The molecular weight excluding hydrogens is 266 g/mol. The number of carbonyl (C=O) groups excluding carboxylic acids is 1. The van der Waals surface area contributed by atoms with Gasteiger partial charge in [0, 0.05) is 19.3 Å². The highest BCUT2D eigenvalue weighted by molar-refractivity contribution is 5.89. The largest absolute Gasteiger partial charge is 0.497 e. The Kier molecular flexibility index (Phi) is 5.87. The lowest BCUT2D eigenvalue weighted by Crippen LogP contribution is -2.34. The number of anilines is 1. The molecule has 1 heterocycles. The van der Waals surface area contributed by atoms with Crippen LogP contribution in [0, 0.1) is 0 Å². The van der Waals surface area contributed by atoms with Crippen molar-refractivity contribution < 1.29 is 9.53 Å². The van der Waals surface area contributed by atoms with Gasteiger partial charge in [0.1, 0.15) is 5.75 Å². The summed E-state index contributed by atoms with van der Waals surface area (Å²) >= 11 is 0. The van der Waals surface area contributed by atoms with E-state index in [0.29, 0.717) is 0 Å². The summed E-state index contributed by atoms with van der Waals surface area (Å²) in [5.41, 5.74) is 0.784. The number of rotatable bonds is 6. The van der Waals surface area contributed by atoms with Crippen LogP contribution < -0.4 is 10.1 Å². The highest BCUT2D eigenvalue weighted by Gasteiger charge is 2.12. The topological polar surface area (TPSA) is 44.8 Å². The van der Waals surface area contributed by atoms with E-state index in [0.717, 1.165) is 30.9 Å². The average molecular weight is 291 g/mol. The summed E-state index contributed by atoms with van der Waals surface area (Å²) in [6, 6.07) is 7.29. The molecule has 0 radical (unpaired) electrons. The maximum Gasteiger partial charge on any atom is 0.321 e. The van der Waals surface area contributed by atoms with Crippen LogP contribution >= 0.6 is 0 Å². The molecule has 1 aliphatic heterocycles. The van der Waals surface area contributed by atoms with Crippen molar-refractivity contribution in [1.29, 1.82) is 0 Å². The van der Waals surface area contributed by atoms with E-state index in [4.69, 9.17) is 4.74 Å². The number of ether oxygens (including phenoxy) is 1. The Morgan fingerprint density at radius 2 is 1.95 bits per heavy atom. The molecule has 0 saturated carbocycles. The number of hydrogen-bond acceptors (Lipinski definition) is 3. The van der Waals surface area contributed by atoms with Crippen molar-refractivity contribution in [2.45, 2.75) is 19.3 Å². The third-order valence-corrected chi connectivity index (χ3v) is 3.85. The summed E-state index contributed by atoms with van der Waals surface area (Å²) in [6.45, 7) is 4.28. The molecule has 0 aromatic heterocycles. The van der Waals surface area contributed by atoms with Gasteiger partial charge in [0.05, 0.1) is 7.11 Å². The SMILES string of the molecule is COc1ccc(NC(=O)N(C)CCCN2CCCC2)cc1. The second-order valence-electron chi connectivity index (χ2n) is 5.48. The molecule has 5 heteroatoms. The molecule has 0 aliphatic carbocycles. The van der Waals surface area contributed by atoms with Crippen molar-refractivity contribution >= 4 is 11.7 Å². The van der Waals surface area contributed by atoms with Crippen LogP contribution in [0.4, 0.5) is 10.5 Å². The highest BCUT2D eigenvalue weighted by Crippen LogP contribution is 2.15. The van der Waals surface area contributed by atoms with Gasteiger partial charge in [-0.05, 0) is 63.2 Å². The number of nitrogens with one attached hydrogen (secondary N) is 1. The normalized spacial score (nSPS) is 15.0. The zero-order valence-corrected chi connectivity index (χ0v) is 13.0. The van der Waals surface area contributed by atoms with Crippen LogP contribution in [-0.2, 0) is 0 Å². The molecule has 1 fully saturated rings. The Bertz CT molecular complexity index is 441. The quantitative estimate of drug-likeness (QED) is 0.876. The van der Waals surface area contributed by atoms with Gasteiger partial charge in [0.15, 0.2) is 0 Å². The van der Waals surface area contributed by atoms with Crippen molar-refractivity contribution in [3.63, 3.8) is 0 Å². The second kappa shape index (κ2) is 7.88. The monoisotopic (exact) mass is 291 g/mol. The van der Waals surface area contributed by atoms with Gasteiger partial charge in [-0.25, -0.2) is 4.79 Å². The summed E-state index contributed by atoms with van der Waals surface area (Å²) in [4.78, 5) is 16.3. The lowest BCUT2D eigenvalue weighted by molar-refractivity contribution is 0.218. The van der Waals surface area contributed by atoms with Gasteiger partial charge in [0.2, 0.25) is 0 Å². The minimum atomic E-state index is -0.0680. The minimum Gasteiger partial charge on any atom is -0.497 e. The lowest BCUT2D eigenvalue weighted by Gasteiger charge is -2.20. The van der Waals surface area contributed by atoms with Crippen molar-refractivity contribution in [2.24, 2.45) is 0 Å². The first-order chi connectivity index (χ1) is 10.2. The number of carbonyl (C=O) groups is 1. The van der Waals surface area contributed by atoms with Crippen LogP contribution in [0.1, 0.15) is 19.3 Å². The maximum absolute atomic E-state index is 12.1. The van der Waals surface area contributed by atoms with E-state index in [1.807, 2.05) is 31.3 Å². The Morgan fingerprint density at radius 1 is 1.29 bits per heavy atom. The number of likely N-dealkylation sites (tertiary alicyclic amines) is 1. The highest BCUT2D eigenvalue weighted by atomic mass is 16.5. The summed E-state index contributed by atoms with van der Waals surface area (Å²) in [5.74, 6) is 0.784. The molecular formula is C16H25N3O2. The molecule has 2 rings (SSSR count). The van der Waals surface area contributed by atoms with Crippen LogP contribution in [-0.4, -0.2) is 56.2 Å². The predicted octanol–water partition coefficient (Wildman–Crippen LogP) is 2.64. The number of methoxy groups -OCH3 is 1. The summed E-state index contributed by atoms with van der Waals surface area (Å²) in [5, 5.41) is 2.89. The fourth-order valence-electron chi connectivity index (χ4n) is 2.53. The predicted molar refractivity (Wildman–Crippen MR) is 84.9 cm³/mol. The minimum absolute atomic E-state index is 0.0680. The second-order valence-corrected chi connectivity index (χ2v) is 5.48. The molecule has 116 valence electrons. The van der Waals surface area contributed by atoms with Gasteiger partial charge in [-0.2, -0.15) is 0 Å². The molecule has 1 aliphatic rings. The van der Waals surface area contributed by atoms with E-state index < -0.39 is 0 Å². The molecule has 0 unspecified atom stereocenters. The molecule has 21 heavy (non-hydrogen) atoms. The van der Waals surface area contributed by atoms with Gasteiger partial charge >= 0.3 is 6.03 Å². The van der Waals surface area contributed by atoms with Gasteiger partial charge in [-0.15, -0.1) is 0 Å². The summed E-state index contributed by atoms with van der Waals surface area (Å²) in [7, 11) is 3.46. The third kappa shape index (κ3) is 4.93. The molecule has 2 amide bonds. The molecule has 1 aromatic carbocycles. The van der Waals surface area contributed by atoms with E-state index >= 15 is 0 Å². The molecule has 1 saturated heterocycles. The zero-order chi connectivity index (χ0) is 15.1. The first kappa shape index (κ1) is 15.6. The van der Waals surface area contributed by atoms with Gasteiger partial charge in [-0.1, -0.05) is 0 Å². The number of amides is 2. The number of hydrogen-bond donors (Lipinski definition) is 1. The number of nitrogens with zero attached hydrogens (tertiary/aromatic N) is 2. The smallest absolute Gasteiger partial charge is 0.321 e. The van der Waals surface area contributed by atoms with Crippen LogP contribution in [0.5, 0.6) is 5.75 Å². The lowest BCUT2D eigenvalue weighted by atomic mass is 10.3. The fourth-order valence-corrected chi connectivity index (χ4v) is 2.53. The number of benzene rings is 1. The fraction of sp³-hybridized carbons (Fsp3) is 0.562. The maximum atomic E-state index is 12.1. The van der Waals surface area contributed by atoms with Gasteiger partial charge in [0.25, 0.3) is 0 Å². The molecule has 0 spiro atoms. The van der Waals surface area contributed by atoms with Crippen molar-refractivity contribution in [2.75, 3.05) is 45.7 Å². The van der Waals surface area contributed by atoms with Crippen LogP contribution in [0.15, 0.2) is 24.3 Å². The van der Waals surface area contributed by atoms with E-state index in [2.05, 4.69) is 10.2 Å². The van der Waals surface area contributed by atoms with E-state index in [9.17, 15) is 4.79 Å². The Labute approximate surface area is 126 Å². The molecule has 0 atom stereocenters. The summed E-state index contributed by atoms with van der Waals surface area (Å²) < 4.78 is 5.10. The first-order valence-corrected chi connectivity index (χ1v) is 7.57. The molecule has 0 bridgehead atoms. The van der Waals surface area contributed by atoms with Crippen LogP contribution in [0.3, 0.4) is 0 Å². The van der Waals surface area contributed by atoms with E-state index in [-0.39, 0.29) is 6.03 Å². The Balaban J connectivity index is 1.70. The van der Waals surface area contributed by atoms with Gasteiger partial charge in [-0.3, -0.25) is 0 Å². The first-order valence-electron chi connectivity index (χ1n) is 7.57. The van der Waals surface area contributed by atoms with Crippen LogP contribution in [0.25, 0.3) is 0 Å². The standard InChI is InChI=1S/C16H25N3O2/c1-18(10-5-13-19-11-3-4-12-19)16(20)17-14-6-8-15(21-2)9-7-14/h6-9H,3-5,10-13H2,1-2H3,(H,17,20).